The zero-order valence-corrected chi connectivity index (χ0v) is 22.5. The zero-order chi connectivity index (χ0) is 26.6. The van der Waals surface area contributed by atoms with Gasteiger partial charge in [0.05, 0.1) is 11.3 Å². The number of carbonyl (C=O) groups is 2. The Morgan fingerprint density at radius 2 is 1.57 bits per heavy atom. The van der Waals surface area contributed by atoms with Gasteiger partial charge in [0.15, 0.2) is 0 Å². The van der Waals surface area contributed by atoms with Crippen LogP contribution in [0.15, 0.2) is 66.7 Å². The molecule has 0 aliphatic carbocycles. The molecule has 6 nitrogen and oxygen atoms in total. The molecule has 4 rings (SSSR count). The molecule has 1 amide bonds. The topological polar surface area (TPSA) is 61.9 Å². The number of hydrogen-bond acceptors (Lipinski definition) is 5. The summed E-state index contributed by atoms with van der Waals surface area (Å²) in [6.07, 6.45) is 0. The lowest BCUT2D eigenvalue weighted by molar-refractivity contribution is 0.00708. The predicted octanol–water partition coefficient (Wildman–Crippen LogP) is 6.01. The van der Waals surface area contributed by atoms with Gasteiger partial charge in [-0.2, -0.15) is 0 Å². The Hall–Kier alpha value is -3.64. The Bertz CT molecular complexity index is 1260. The molecule has 3 aromatic rings. The number of ether oxygens (including phenoxy) is 1. The molecule has 0 radical (unpaired) electrons. The number of likely N-dealkylation sites (N-methyl/N-ethyl adjacent to an activating group) is 1. The summed E-state index contributed by atoms with van der Waals surface area (Å²) in [5.74, 6) is -0.719. The molecule has 1 aliphatic rings. The first-order valence-electron chi connectivity index (χ1n) is 13.0. The maximum Gasteiger partial charge on any atom is 0.340 e. The van der Waals surface area contributed by atoms with Crippen molar-refractivity contribution in [2.75, 3.05) is 42.9 Å². The quantitative estimate of drug-likeness (QED) is 0.421. The zero-order valence-electron chi connectivity index (χ0n) is 22.5. The number of anilines is 2. The van der Waals surface area contributed by atoms with Crippen LogP contribution in [0.4, 0.5) is 11.4 Å². The second-order valence-corrected chi connectivity index (χ2v) is 10.5. The van der Waals surface area contributed by atoms with Gasteiger partial charge in [0.1, 0.15) is 5.60 Å². The molecule has 0 aromatic heterocycles. The van der Waals surface area contributed by atoms with Crippen LogP contribution in [0.1, 0.15) is 54.0 Å². The van der Waals surface area contributed by atoms with Crippen molar-refractivity contribution in [2.24, 2.45) is 0 Å². The van der Waals surface area contributed by atoms with E-state index in [2.05, 4.69) is 28.1 Å². The number of esters is 1. The van der Waals surface area contributed by atoms with Crippen molar-refractivity contribution in [3.63, 3.8) is 0 Å². The van der Waals surface area contributed by atoms with Crippen LogP contribution in [0.2, 0.25) is 0 Å². The smallest absolute Gasteiger partial charge is 0.340 e. The summed E-state index contributed by atoms with van der Waals surface area (Å²) in [5.41, 5.74) is 4.53. The molecule has 1 N–H and O–H groups in total. The molecule has 0 unspecified atom stereocenters. The van der Waals surface area contributed by atoms with Gasteiger partial charge < -0.3 is 19.9 Å². The van der Waals surface area contributed by atoms with Gasteiger partial charge in [0, 0.05) is 37.4 Å². The normalized spacial score (nSPS) is 14.4. The van der Waals surface area contributed by atoms with Gasteiger partial charge in [-0.1, -0.05) is 49.4 Å². The highest BCUT2D eigenvalue weighted by molar-refractivity contribution is 6.09. The lowest BCUT2D eigenvalue weighted by Crippen LogP contribution is -2.46. The molecular weight excluding hydrogens is 462 g/mol. The molecule has 1 aliphatic heterocycles. The number of rotatable bonds is 6. The molecule has 0 bridgehead atoms. The van der Waals surface area contributed by atoms with Crippen LogP contribution in [0, 0.1) is 6.92 Å². The minimum absolute atomic E-state index is 0.249. The Kier molecular flexibility index (Phi) is 7.98. The molecule has 37 heavy (non-hydrogen) atoms. The first kappa shape index (κ1) is 26.4. The Morgan fingerprint density at radius 3 is 2.22 bits per heavy atom. The van der Waals surface area contributed by atoms with E-state index in [0.717, 1.165) is 55.1 Å². The van der Waals surface area contributed by atoms with Crippen LogP contribution in [0.5, 0.6) is 0 Å². The average molecular weight is 500 g/mol. The molecular formula is C31H37N3O3. The van der Waals surface area contributed by atoms with Crippen LogP contribution in [0.25, 0.3) is 11.1 Å². The van der Waals surface area contributed by atoms with E-state index in [4.69, 9.17) is 4.74 Å². The van der Waals surface area contributed by atoms with Gasteiger partial charge in [-0.3, -0.25) is 4.79 Å². The number of nitrogens with zero attached hydrogens (tertiary/aromatic N) is 2. The van der Waals surface area contributed by atoms with Crippen molar-refractivity contribution in [3.8, 4) is 11.1 Å². The van der Waals surface area contributed by atoms with Gasteiger partial charge in [0.2, 0.25) is 0 Å². The number of piperazine rings is 1. The van der Waals surface area contributed by atoms with E-state index in [9.17, 15) is 9.59 Å². The average Bonchev–Trinajstić information content (AvgIpc) is 2.88. The van der Waals surface area contributed by atoms with Crippen LogP contribution in [0.3, 0.4) is 0 Å². The minimum Gasteiger partial charge on any atom is -0.456 e. The molecule has 1 saturated heterocycles. The molecule has 0 spiro atoms. The monoisotopic (exact) mass is 499 g/mol. The van der Waals surface area contributed by atoms with Crippen molar-refractivity contribution in [3.05, 3.63) is 83.4 Å². The van der Waals surface area contributed by atoms with Crippen LogP contribution in [-0.4, -0.2) is 55.1 Å². The van der Waals surface area contributed by atoms with Crippen LogP contribution >= 0.6 is 0 Å². The minimum atomic E-state index is -0.650. The third-order valence-electron chi connectivity index (χ3n) is 6.64. The molecule has 0 saturated carbocycles. The number of benzene rings is 3. The van der Waals surface area contributed by atoms with E-state index in [1.807, 2.05) is 82.3 Å². The third kappa shape index (κ3) is 6.57. The Balaban J connectivity index is 1.64. The first-order chi connectivity index (χ1) is 17.6. The summed E-state index contributed by atoms with van der Waals surface area (Å²) in [4.78, 5) is 31.4. The van der Waals surface area contributed by atoms with E-state index in [1.54, 1.807) is 6.07 Å². The number of aryl methyl sites for hydroxylation is 1. The van der Waals surface area contributed by atoms with Crippen LogP contribution < -0.4 is 10.2 Å². The highest BCUT2D eigenvalue weighted by Crippen LogP contribution is 2.29. The fourth-order valence-electron chi connectivity index (χ4n) is 4.53. The number of amides is 1. The highest BCUT2D eigenvalue weighted by atomic mass is 16.6. The van der Waals surface area contributed by atoms with Gasteiger partial charge >= 0.3 is 5.97 Å². The van der Waals surface area contributed by atoms with Gasteiger partial charge in [-0.25, -0.2) is 4.79 Å². The van der Waals surface area contributed by atoms with Gasteiger partial charge in [-0.05, 0) is 75.2 Å². The highest BCUT2D eigenvalue weighted by Gasteiger charge is 2.23. The SMILES string of the molecule is CCN1CCN(c2ccc(C)c(C(=O)Nc3cc(-c4ccccc4)ccc3C(=O)OC(C)(C)C)c2)CC1. The summed E-state index contributed by atoms with van der Waals surface area (Å²) in [6.45, 7) is 14.5. The Labute approximate surface area is 220 Å². The molecule has 1 fully saturated rings. The maximum absolute atomic E-state index is 13.6. The molecule has 6 heteroatoms. The predicted molar refractivity (Wildman–Crippen MR) is 151 cm³/mol. The number of carbonyl (C=O) groups excluding carboxylic acids is 2. The number of nitrogens with one attached hydrogen (secondary N) is 1. The largest absolute Gasteiger partial charge is 0.456 e. The van der Waals surface area contributed by atoms with Crippen molar-refractivity contribution < 1.29 is 14.3 Å². The Morgan fingerprint density at radius 1 is 0.865 bits per heavy atom. The summed E-state index contributed by atoms with van der Waals surface area (Å²) in [7, 11) is 0. The molecule has 0 atom stereocenters. The van der Waals surface area contributed by atoms with E-state index >= 15 is 0 Å². The van der Waals surface area contributed by atoms with E-state index in [-0.39, 0.29) is 5.91 Å². The van der Waals surface area contributed by atoms with Crippen molar-refractivity contribution in [1.82, 2.24) is 4.90 Å². The number of hydrogen-bond donors (Lipinski definition) is 1. The molecule has 194 valence electrons. The fraction of sp³-hybridized carbons (Fsp3) is 0.355. The first-order valence-corrected chi connectivity index (χ1v) is 13.0. The fourth-order valence-corrected chi connectivity index (χ4v) is 4.53. The van der Waals surface area contributed by atoms with Crippen molar-refractivity contribution >= 4 is 23.3 Å². The lowest BCUT2D eigenvalue weighted by Gasteiger charge is -2.35. The lowest BCUT2D eigenvalue weighted by atomic mass is 10.0. The summed E-state index contributed by atoms with van der Waals surface area (Å²) in [6, 6.07) is 21.4. The van der Waals surface area contributed by atoms with E-state index in [0.29, 0.717) is 16.8 Å². The van der Waals surface area contributed by atoms with Crippen LogP contribution in [-0.2, 0) is 4.74 Å². The second-order valence-electron chi connectivity index (χ2n) is 10.5. The summed E-state index contributed by atoms with van der Waals surface area (Å²) in [5, 5.41) is 3.02. The summed E-state index contributed by atoms with van der Waals surface area (Å²) >= 11 is 0. The van der Waals surface area contributed by atoms with Gasteiger partial charge in [0.25, 0.3) is 5.91 Å². The van der Waals surface area contributed by atoms with Crippen molar-refractivity contribution in [2.45, 2.75) is 40.2 Å². The van der Waals surface area contributed by atoms with Gasteiger partial charge in [-0.15, -0.1) is 0 Å². The second kappa shape index (κ2) is 11.2. The molecule has 3 aromatic carbocycles. The van der Waals surface area contributed by atoms with E-state index in [1.165, 1.54) is 0 Å². The molecule has 1 heterocycles. The third-order valence-corrected chi connectivity index (χ3v) is 6.64. The van der Waals surface area contributed by atoms with Crippen molar-refractivity contribution in [1.29, 1.82) is 0 Å². The summed E-state index contributed by atoms with van der Waals surface area (Å²) < 4.78 is 5.64. The standard InChI is InChI=1S/C31H37N3O3/c1-6-33-16-18-34(19-17-33)25-14-12-22(2)27(21-25)29(35)32-28-20-24(23-10-8-7-9-11-23)13-15-26(28)30(36)37-31(3,4)5/h7-15,20-21H,6,16-19H2,1-5H3,(H,32,35). The maximum atomic E-state index is 13.6. The van der Waals surface area contributed by atoms with E-state index < -0.39 is 11.6 Å².